The Balaban J connectivity index is 0.00000420. The Kier molecular flexibility index (Phi) is 13.2. The van der Waals surface area contributed by atoms with Crippen molar-refractivity contribution in [3.05, 3.63) is 16.0 Å². The SMILES string of the molecule is CCOC(=O)Cc1sc(NC(=O)CN2CCN(C)CC2)c(C(=O)OCC)c1C.Cl.Cl. The Morgan fingerprint density at radius 3 is 2.20 bits per heavy atom. The van der Waals surface area contributed by atoms with Crippen LogP contribution in [0.2, 0.25) is 0 Å². The third-order valence-electron chi connectivity index (χ3n) is 4.55. The number of esters is 2. The summed E-state index contributed by atoms with van der Waals surface area (Å²) in [6.45, 7) is 9.51. The van der Waals surface area contributed by atoms with Crippen LogP contribution in [0.4, 0.5) is 5.00 Å². The number of amides is 1. The van der Waals surface area contributed by atoms with Crippen molar-refractivity contribution in [1.82, 2.24) is 9.80 Å². The van der Waals surface area contributed by atoms with Gasteiger partial charge in [-0.1, -0.05) is 0 Å². The summed E-state index contributed by atoms with van der Waals surface area (Å²) in [6, 6.07) is 0. The quantitative estimate of drug-likeness (QED) is 0.567. The number of nitrogens with one attached hydrogen (secondary N) is 1. The predicted molar refractivity (Wildman–Crippen MR) is 122 cm³/mol. The van der Waals surface area contributed by atoms with Crippen LogP contribution in [0.15, 0.2) is 0 Å². The van der Waals surface area contributed by atoms with E-state index in [1.54, 1.807) is 20.8 Å². The topological polar surface area (TPSA) is 88.2 Å². The molecular weight excluding hydrogens is 453 g/mol. The van der Waals surface area contributed by atoms with Gasteiger partial charge in [-0.2, -0.15) is 0 Å². The summed E-state index contributed by atoms with van der Waals surface area (Å²) in [5, 5.41) is 3.27. The van der Waals surface area contributed by atoms with Crippen molar-refractivity contribution < 1.29 is 23.9 Å². The van der Waals surface area contributed by atoms with Gasteiger partial charge in [0.25, 0.3) is 0 Å². The molecule has 0 aromatic carbocycles. The fourth-order valence-electron chi connectivity index (χ4n) is 2.98. The van der Waals surface area contributed by atoms with Crippen LogP contribution in [0.5, 0.6) is 0 Å². The van der Waals surface area contributed by atoms with Gasteiger partial charge in [0.2, 0.25) is 5.91 Å². The number of nitrogens with zero attached hydrogens (tertiary/aromatic N) is 2. The molecule has 30 heavy (non-hydrogen) atoms. The van der Waals surface area contributed by atoms with E-state index >= 15 is 0 Å². The first-order valence-corrected chi connectivity index (χ1v) is 10.3. The molecule has 0 spiro atoms. The molecule has 0 radical (unpaired) electrons. The Morgan fingerprint density at radius 1 is 1.03 bits per heavy atom. The number of carbonyl (C=O) groups excluding carboxylic acids is 3. The molecule has 1 aliphatic heterocycles. The van der Waals surface area contributed by atoms with Gasteiger partial charge in [0.05, 0.1) is 31.7 Å². The van der Waals surface area contributed by atoms with Gasteiger partial charge in [0, 0.05) is 31.1 Å². The van der Waals surface area contributed by atoms with Crippen LogP contribution < -0.4 is 5.32 Å². The van der Waals surface area contributed by atoms with Gasteiger partial charge in [-0.25, -0.2) is 4.79 Å². The van der Waals surface area contributed by atoms with Crippen LogP contribution in [0.25, 0.3) is 0 Å². The van der Waals surface area contributed by atoms with Crippen molar-refractivity contribution in [3.63, 3.8) is 0 Å². The van der Waals surface area contributed by atoms with Gasteiger partial charge < -0.3 is 19.7 Å². The van der Waals surface area contributed by atoms with Gasteiger partial charge in [-0.05, 0) is 33.4 Å². The highest BCUT2D eigenvalue weighted by Crippen LogP contribution is 2.34. The average Bonchev–Trinajstić information content (AvgIpc) is 2.92. The van der Waals surface area contributed by atoms with Gasteiger partial charge in [-0.3, -0.25) is 14.5 Å². The highest BCUT2D eigenvalue weighted by Gasteiger charge is 2.25. The fraction of sp³-hybridized carbons (Fsp3) is 0.632. The monoisotopic (exact) mass is 483 g/mol. The molecule has 0 saturated carbocycles. The Bertz CT molecular complexity index is 721. The second kappa shape index (κ2) is 13.8. The zero-order valence-corrected chi connectivity index (χ0v) is 20.3. The van der Waals surface area contributed by atoms with Crippen molar-refractivity contribution in [2.24, 2.45) is 0 Å². The molecule has 1 saturated heterocycles. The number of hydrogen-bond donors (Lipinski definition) is 1. The number of piperazine rings is 1. The van der Waals surface area contributed by atoms with E-state index < -0.39 is 5.97 Å². The second-order valence-electron chi connectivity index (χ2n) is 6.68. The highest BCUT2D eigenvalue weighted by atomic mass is 35.5. The molecule has 0 aliphatic carbocycles. The Hall–Kier alpha value is -1.39. The number of likely N-dealkylation sites (N-methyl/N-ethyl adjacent to an activating group) is 1. The zero-order valence-electron chi connectivity index (χ0n) is 17.8. The number of hydrogen-bond acceptors (Lipinski definition) is 8. The minimum Gasteiger partial charge on any atom is -0.466 e. The van der Waals surface area contributed by atoms with E-state index in [2.05, 4.69) is 22.2 Å². The molecule has 0 bridgehead atoms. The normalized spacial score (nSPS) is 14.3. The van der Waals surface area contributed by atoms with E-state index in [9.17, 15) is 14.4 Å². The molecule has 2 rings (SSSR count). The van der Waals surface area contributed by atoms with E-state index in [4.69, 9.17) is 9.47 Å². The molecule has 1 amide bonds. The molecule has 0 unspecified atom stereocenters. The van der Waals surface area contributed by atoms with Gasteiger partial charge in [-0.15, -0.1) is 36.2 Å². The van der Waals surface area contributed by atoms with E-state index in [0.29, 0.717) is 27.6 Å². The summed E-state index contributed by atoms with van der Waals surface area (Å²) in [5.41, 5.74) is 0.962. The maximum absolute atomic E-state index is 12.5. The summed E-state index contributed by atoms with van der Waals surface area (Å²) < 4.78 is 10.1. The van der Waals surface area contributed by atoms with Crippen LogP contribution in [-0.4, -0.2) is 80.6 Å². The Labute approximate surface area is 194 Å². The average molecular weight is 484 g/mol. The number of carbonyl (C=O) groups is 3. The molecule has 1 aliphatic rings. The first kappa shape index (κ1) is 28.6. The molecule has 1 aromatic heterocycles. The van der Waals surface area contributed by atoms with Crippen LogP contribution in [0, 0.1) is 6.92 Å². The summed E-state index contributed by atoms with van der Waals surface area (Å²) in [5.74, 6) is -1.04. The molecule has 0 atom stereocenters. The van der Waals surface area contributed by atoms with Crippen LogP contribution in [0.1, 0.15) is 34.6 Å². The summed E-state index contributed by atoms with van der Waals surface area (Å²) >= 11 is 1.22. The summed E-state index contributed by atoms with van der Waals surface area (Å²) in [7, 11) is 2.06. The standard InChI is InChI=1S/C19H29N3O5S.2ClH/c1-5-26-16(24)11-14-13(3)17(19(25)27-6-2)18(28-14)20-15(23)12-22-9-7-21(4)8-10-22;;/h5-12H2,1-4H3,(H,20,23);2*1H. The number of rotatable bonds is 8. The van der Waals surface area contributed by atoms with Gasteiger partial charge in [0.15, 0.2) is 0 Å². The van der Waals surface area contributed by atoms with E-state index in [1.807, 2.05) is 0 Å². The maximum Gasteiger partial charge on any atom is 0.341 e. The smallest absolute Gasteiger partial charge is 0.341 e. The van der Waals surface area contributed by atoms with Crippen LogP contribution in [0.3, 0.4) is 0 Å². The molecule has 2 heterocycles. The minimum atomic E-state index is -0.499. The number of anilines is 1. The molecule has 11 heteroatoms. The number of ether oxygens (including phenoxy) is 2. The highest BCUT2D eigenvalue weighted by molar-refractivity contribution is 7.17. The maximum atomic E-state index is 12.5. The third kappa shape index (κ3) is 8.03. The van der Waals surface area contributed by atoms with Gasteiger partial charge >= 0.3 is 11.9 Å². The van der Waals surface area contributed by atoms with Crippen LogP contribution >= 0.6 is 36.2 Å². The molecular formula is C19H31Cl2N3O5S. The molecule has 1 fully saturated rings. The predicted octanol–water partition coefficient (Wildman–Crippen LogP) is 2.37. The van der Waals surface area contributed by atoms with E-state index in [1.165, 1.54) is 11.3 Å². The molecule has 1 aromatic rings. The number of halogens is 2. The lowest BCUT2D eigenvalue weighted by atomic mass is 10.1. The molecule has 1 N–H and O–H groups in total. The lowest BCUT2D eigenvalue weighted by Gasteiger charge is -2.31. The lowest BCUT2D eigenvalue weighted by Crippen LogP contribution is -2.47. The van der Waals surface area contributed by atoms with Crippen molar-refractivity contribution in [2.75, 3.05) is 58.3 Å². The lowest BCUT2D eigenvalue weighted by molar-refractivity contribution is -0.142. The van der Waals surface area contributed by atoms with E-state index in [-0.39, 0.29) is 56.3 Å². The van der Waals surface area contributed by atoms with Crippen LogP contribution in [-0.2, 0) is 25.5 Å². The fourth-order valence-corrected chi connectivity index (χ4v) is 4.18. The Morgan fingerprint density at radius 2 is 1.63 bits per heavy atom. The summed E-state index contributed by atoms with van der Waals surface area (Å²) in [6.07, 6.45) is 0.0606. The van der Waals surface area contributed by atoms with Gasteiger partial charge in [0.1, 0.15) is 5.00 Å². The van der Waals surface area contributed by atoms with Crippen molar-refractivity contribution in [2.45, 2.75) is 27.2 Å². The summed E-state index contributed by atoms with van der Waals surface area (Å²) in [4.78, 5) is 41.8. The van der Waals surface area contributed by atoms with Crippen molar-refractivity contribution in [1.29, 1.82) is 0 Å². The molecule has 172 valence electrons. The largest absolute Gasteiger partial charge is 0.466 e. The van der Waals surface area contributed by atoms with Crippen molar-refractivity contribution >= 4 is 59.0 Å². The first-order valence-electron chi connectivity index (χ1n) is 9.51. The molecule has 8 nitrogen and oxygen atoms in total. The second-order valence-corrected chi connectivity index (χ2v) is 7.79. The zero-order chi connectivity index (χ0) is 20.7. The van der Waals surface area contributed by atoms with Crippen molar-refractivity contribution in [3.8, 4) is 0 Å². The number of thiophene rings is 1. The first-order chi connectivity index (χ1) is 13.3. The third-order valence-corrected chi connectivity index (χ3v) is 5.76. The minimum absolute atomic E-state index is 0. The van der Waals surface area contributed by atoms with E-state index in [0.717, 1.165) is 26.2 Å².